The molecule has 84 valence electrons. The fourth-order valence-corrected chi connectivity index (χ4v) is 1.77. The first-order valence-corrected chi connectivity index (χ1v) is 4.89. The SMILES string of the molecule is CCc1c(C)[nH]c(CC(F)(F)F)nc1=S. The van der Waals surface area contributed by atoms with Crippen LogP contribution >= 0.6 is 12.2 Å². The number of halogens is 3. The Hall–Kier alpha value is -0.910. The molecule has 0 saturated heterocycles. The molecule has 0 fully saturated rings. The molecule has 0 aliphatic rings. The third-order valence-corrected chi connectivity index (χ3v) is 2.34. The summed E-state index contributed by atoms with van der Waals surface area (Å²) in [7, 11) is 0. The lowest BCUT2D eigenvalue weighted by Crippen LogP contribution is -2.15. The molecule has 0 aliphatic carbocycles. The van der Waals surface area contributed by atoms with Crippen LogP contribution in [0.15, 0.2) is 0 Å². The summed E-state index contributed by atoms with van der Waals surface area (Å²) in [5, 5.41) is 0. The van der Waals surface area contributed by atoms with E-state index in [1.165, 1.54) is 0 Å². The summed E-state index contributed by atoms with van der Waals surface area (Å²) in [4.78, 5) is 6.36. The molecule has 1 N–H and O–H groups in total. The third-order valence-electron chi connectivity index (χ3n) is 2.00. The van der Waals surface area contributed by atoms with Gasteiger partial charge in [0, 0.05) is 11.3 Å². The second kappa shape index (κ2) is 4.30. The van der Waals surface area contributed by atoms with Crippen LogP contribution in [-0.4, -0.2) is 16.1 Å². The topological polar surface area (TPSA) is 28.7 Å². The van der Waals surface area contributed by atoms with Crippen LogP contribution in [0, 0.1) is 11.6 Å². The van der Waals surface area contributed by atoms with E-state index in [-0.39, 0.29) is 10.5 Å². The monoisotopic (exact) mass is 236 g/mol. The van der Waals surface area contributed by atoms with Gasteiger partial charge in [0.1, 0.15) is 16.9 Å². The van der Waals surface area contributed by atoms with Gasteiger partial charge < -0.3 is 4.98 Å². The summed E-state index contributed by atoms with van der Waals surface area (Å²) in [6.07, 6.45) is -4.66. The van der Waals surface area contributed by atoms with Crippen LogP contribution in [0.25, 0.3) is 0 Å². The molecule has 0 radical (unpaired) electrons. The van der Waals surface area contributed by atoms with E-state index in [2.05, 4.69) is 9.97 Å². The highest BCUT2D eigenvalue weighted by Gasteiger charge is 2.29. The smallest absolute Gasteiger partial charge is 0.347 e. The number of nitrogens with zero attached hydrogens (tertiary/aromatic N) is 1. The molecule has 2 nitrogen and oxygen atoms in total. The van der Waals surface area contributed by atoms with Crippen molar-refractivity contribution in [1.82, 2.24) is 9.97 Å². The van der Waals surface area contributed by atoms with Gasteiger partial charge in [-0.25, -0.2) is 4.98 Å². The molecule has 1 heterocycles. The van der Waals surface area contributed by atoms with Crippen molar-refractivity contribution < 1.29 is 13.2 Å². The molecule has 0 unspecified atom stereocenters. The van der Waals surface area contributed by atoms with Crippen LogP contribution in [0.5, 0.6) is 0 Å². The number of alkyl halides is 3. The van der Waals surface area contributed by atoms with Crippen LogP contribution in [0.4, 0.5) is 13.2 Å². The summed E-state index contributed by atoms with van der Waals surface area (Å²) < 4.78 is 36.5. The van der Waals surface area contributed by atoms with E-state index in [9.17, 15) is 13.2 Å². The number of aromatic nitrogens is 2. The van der Waals surface area contributed by atoms with Crippen LogP contribution in [0.1, 0.15) is 24.0 Å². The Balaban J connectivity index is 3.10. The molecule has 1 aromatic heterocycles. The molecular weight excluding hydrogens is 225 g/mol. The van der Waals surface area contributed by atoms with E-state index in [0.717, 1.165) is 5.56 Å². The zero-order valence-corrected chi connectivity index (χ0v) is 9.22. The molecule has 0 aliphatic heterocycles. The van der Waals surface area contributed by atoms with Crippen molar-refractivity contribution in [2.24, 2.45) is 0 Å². The van der Waals surface area contributed by atoms with E-state index >= 15 is 0 Å². The average Bonchev–Trinajstić information content (AvgIpc) is 1.99. The van der Waals surface area contributed by atoms with Gasteiger partial charge in [-0.2, -0.15) is 13.2 Å². The Bertz CT molecular complexity index is 409. The molecule has 1 rings (SSSR count). The largest absolute Gasteiger partial charge is 0.396 e. The maximum absolute atomic E-state index is 12.1. The molecular formula is C9H11F3N2S. The first-order chi connectivity index (χ1) is 6.83. The standard InChI is InChI=1S/C9H11F3N2S/c1-3-6-5(2)13-7(14-8(6)15)4-9(10,11)12/h3-4H2,1-2H3,(H,13,14,15). The van der Waals surface area contributed by atoms with Gasteiger partial charge in [-0.15, -0.1) is 0 Å². The Labute approximate surface area is 90.6 Å². The van der Waals surface area contributed by atoms with Crippen LogP contribution in [0.2, 0.25) is 0 Å². The fraction of sp³-hybridized carbons (Fsp3) is 0.556. The minimum absolute atomic E-state index is 0.123. The zero-order chi connectivity index (χ0) is 11.6. The van der Waals surface area contributed by atoms with E-state index in [1.807, 2.05) is 6.92 Å². The number of hydrogen-bond acceptors (Lipinski definition) is 2. The Kier molecular flexibility index (Phi) is 3.49. The lowest BCUT2D eigenvalue weighted by molar-refractivity contribution is -0.128. The second-order valence-electron chi connectivity index (χ2n) is 3.24. The number of rotatable bonds is 2. The van der Waals surface area contributed by atoms with Gasteiger partial charge in [0.15, 0.2) is 0 Å². The zero-order valence-electron chi connectivity index (χ0n) is 8.40. The Morgan fingerprint density at radius 2 is 2.00 bits per heavy atom. The van der Waals surface area contributed by atoms with Crippen molar-refractivity contribution in [3.8, 4) is 0 Å². The van der Waals surface area contributed by atoms with Gasteiger partial charge in [-0.05, 0) is 13.3 Å². The number of nitrogens with one attached hydrogen (secondary N) is 1. The molecule has 0 aromatic carbocycles. The van der Waals surface area contributed by atoms with Crippen molar-refractivity contribution in [3.63, 3.8) is 0 Å². The Morgan fingerprint density at radius 1 is 1.40 bits per heavy atom. The van der Waals surface area contributed by atoms with Crippen molar-refractivity contribution >= 4 is 12.2 Å². The second-order valence-corrected chi connectivity index (χ2v) is 3.62. The van der Waals surface area contributed by atoms with E-state index < -0.39 is 12.6 Å². The maximum Gasteiger partial charge on any atom is 0.396 e. The number of aromatic amines is 1. The molecule has 1 aromatic rings. The van der Waals surface area contributed by atoms with Gasteiger partial charge in [0.2, 0.25) is 0 Å². The maximum atomic E-state index is 12.1. The highest BCUT2D eigenvalue weighted by molar-refractivity contribution is 7.71. The molecule has 0 atom stereocenters. The predicted molar refractivity (Wildman–Crippen MR) is 53.3 cm³/mol. The molecule has 0 spiro atoms. The number of aryl methyl sites for hydroxylation is 1. The highest BCUT2D eigenvalue weighted by Crippen LogP contribution is 2.20. The van der Waals surface area contributed by atoms with Gasteiger partial charge in [-0.1, -0.05) is 19.1 Å². The minimum Gasteiger partial charge on any atom is -0.347 e. The summed E-state index contributed by atoms with van der Waals surface area (Å²) >= 11 is 4.92. The van der Waals surface area contributed by atoms with Gasteiger partial charge in [0.25, 0.3) is 0 Å². The summed E-state index contributed by atoms with van der Waals surface area (Å²) in [6, 6.07) is 0. The van der Waals surface area contributed by atoms with Gasteiger partial charge in [0.05, 0.1) is 0 Å². The van der Waals surface area contributed by atoms with Crippen molar-refractivity contribution in [3.05, 3.63) is 21.7 Å². The fourth-order valence-electron chi connectivity index (χ4n) is 1.36. The lowest BCUT2D eigenvalue weighted by Gasteiger charge is -2.09. The molecule has 0 amide bonds. The van der Waals surface area contributed by atoms with Gasteiger partial charge in [-0.3, -0.25) is 0 Å². The predicted octanol–water partition coefficient (Wildman–Crippen LogP) is 3.11. The summed E-state index contributed by atoms with van der Waals surface area (Å²) in [5.41, 5.74) is 1.47. The third kappa shape index (κ3) is 3.30. The quantitative estimate of drug-likeness (QED) is 0.799. The molecule has 6 heteroatoms. The minimum atomic E-state index is -4.26. The number of hydrogen-bond donors (Lipinski definition) is 1. The van der Waals surface area contributed by atoms with Crippen molar-refractivity contribution in [1.29, 1.82) is 0 Å². The normalized spacial score (nSPS) is 11.8. The number of H-pyrrole nitrogens is 1. The first-order valence-electron chi connectivity index (χ1n) is 4.49. The first kappa shape index (κ1) is 12.2. The van der Waals surface area contributed by atoms with Gasteiger partial charge >= 0.3 is 6.18 Å². The Morgan fingerprint density at radius 3 is 2.40 bits per heavy atom. The summed E-state index contributed by atoms with van der Waals surface area (Å²) in [5.74, 6) is -0.123. The van der Waals surface area contributed by atoms with E-state index in [0.29, 0.717) is 12.1 Å². The van der Waals surface area contributed by atoms with Crippen LogP contribution in [0.3, 0.4) is 0 Å². The van der Waals surface area contributed by atoms with E-state index in [1.54, 1.807) is 6.92 Å². The molecule has 15 heavy (non-hydrogen) atoms. The molecule has 0 bridgehead atoms. The summed E-state index contributed by atoms with van der Waals surface area (Å²) in [6.45, 7) is 3.59. The van der Waals surface area contributed by atoms with Crippen LogP contribution in [-0.2, 0) is 12.8 Å². The van der Waals surface area contributed by atoms with E-state index in [4.69, 9.17) is 12.2 Å². The van der Waals surface area contributed by atoms with Crippen molar-refractivity contribution in [2.75, 3.05) is 0 Å². The van der Waals surface area contributed by atoms with Crippen LogP contribution < -0.4 is 0 Å². The van der Waals surface area contributed by atoms with Crippen molar-refractivity contribution in [2.45, 2.75) is 32.9 Å². The highest BCUT2D eigenvalue weighted by atomic mass is 32.1. The molecule has 0 saturated carbocycles. The average molecular weight is 236 g/mol. The lowest BCUT2D eigenvalue weighted by atomic mass is 10.2.